The van der Waals surface area contributed by atoms with Crippen LogP contribution in [0.15, 0.2) is 65.6 Å². The molecule has 0 saturated carbocycles. The third-order valence-corrected chi connectivity index (χ3v) is 5.92. The summed E-state index contributed by atoms with van der Waals surface area (Å²) >= 11 is 6.45. The molecule has 3 aromatic carbocycles. The van der Waals surface area contributed by atoms with Crippen LogP contribution in [0.2, 0.25) is 5.02 Å². The second-order valence-corrected chi connectivity index (χ2v) is 8.70. The number of hydrogen-bond donors (Lipinski definition) is 2. The fourth-order valence-electron chi connectivity index (χ4n) is 2.87. The zero-order chi connectivity index (χ0) is 21.7. The predicted molar refractivity (Wildman–Crippen MR) is 119 cm³/mol. The standard InChI is InChI=1S/C22H23ClN2O4S/c1-15-5-3-4-6-16(15)14-29-22-12-20(23)17(11-21(22)28-2)13-25-18-7-9-19(10-8-18)30(24,26)27/h3-12,25H,13-14H2,1-2H3,(H2,24,26,27). The number of primary sulfonamides is 1. The first-order chi connectivity index (χ1) is 14.3. The van der Waals surface area contributed by atoms with Gasteiger partial charge in [0.1, 0.15) is 6.61 Å². The molecule has 0 spiro atoms. The molecule has 0 radical (unpaired) electrons. The summed E-state index contributed by atoms with van der Waals surface area (Å²) < 4.78 is 34.1. The number of hydrogen-bond acceptors (Lipinski definition) is 5. The molecule has 0 fully saturated rings. The van der Waals surface area contributed by atoms with E-state index in [0.717, 1.165) is 22.4 Å². The highest BCUT2D eigenvalue weighted by molar-refractivity contribution is 7.89. The van der Waals surface area contributed by atoms with E-state index in [0.29, 0.717) is 29.7 Å². The first-order valence-electron chi connectivity index (χ1n) is 9.18. The Labute approximate surface area is 181 Å². The molecular weight excluding hydrogens is 424 g/mol. The lowest BCUT2D eigenvalue weighted by Gasteiger charge is -2.15. The molecule has 8 heteroatoms. The van der Waals surface area contributed by atoms with Crippen molar-refractivity contribution in [3.8, 4) is 11.5 Å². The maximum Gasteiger partial charge on any atom is 0.238 e. The van der Waals surface area contributed by atoms with Crippen LogP contribution < -0.4 is 19.9 Å². The number of halogens is 1. The van der Waals surface area contributed by atoms with E-state index in [-0.39, 0.29) is 4.90 Å². The molecule has 0 aliphatic heterocycles. The number of aryl methyl sites for hydroxylation is 1. The fraction of sp³-hybridized carbons (Fsp3) is 0.182. The van der Waals surface area contributed by atoms with Gasteiger partial charge in [-0.15, -0.1) is 0 Å². The van der Waals surface area contributed by atoms with E-state index >= 15 is 0 Å². The summed E-state index contributed by atoms with van der Waals surface area (Å²) in [5.74, 6) is 1.14. The summed E-state index contributed by atoms with van der Waals surface area (Å²) in [4.78, 5) is 0.0582. The quantitative estimate of drug-likeness (QED) is 0.531. The highest BCUT2D eigenvalue weighted by atomic mass is 35.5. The highest BCUT2D eigenvalue weighted by Crippen LogP contribution is 2.34. The first kappa shape index (κ1) is 22.0. The van der Waals surface area contributed by atoms with Gasteiger partial charge in [0, 0.05) is 23.3 Å². The largest absolute Gasteiger partial charge is 0.493 e. The summed E-state index contributed by atoms with van der Waals surface area (Å²) in [5.41, 5.74) is 3.78. The lowest BCUT2D eigenvalue weighted by Crippen LogP contribution is -2.12. The Balaban J connectivity index is 1.71. The van der Waals surface area contributed by atoms with Crippen LogP contribution in [0.25, 0.3) is 0 Å². The minimum atomic E-state index is -3.71. The normalized spacial score (nSPS) is 11.2. The minimum absolute atomic E-state index is 0.0582. The summed E-state index contributed by atoms with van der Waals surface area (Å²) in [5, 5.41) is 8.85. The molecule has 0 bridgehead atoms. The maximum atomic E-state index is 11.3. The predicted octanol–water partition coefficient (Wildman–Crippen LogP) is 4.50. The topological polar surface area (TPSA) is 90.6 Å². The number of sulfonamides is 1. The SMILES string of the molecule is COc1cc(CNc2ccc(S(N)(=O)=O)cc2)c(Cl)cc1OCc1ccccc1C. The molecule has 0 unspecified atom stereocenters. The Morgan fingerprint density at radius 3 is 2.33 bits per heavy atom. The molecule has 0 heterocycles. The molecule has 3 aromatic rings. The van der Waals surface area contributed by atoms with Crippen LogP contribution in [0.1, 0.15) is 16.7 Å². The Bertz CT molecular complexity index is 1130. The average Bonchev–Trinajstić information content (AvgIpc) is 2.72. The van der Waals surface area contributed by atoms with Gasteiger partial charge in [0.15, 0.2) is 11.5 Å². The first-order valence-corrected chi connectivity index (χ1v) is 11.1. The van der Waals surface area contributed by atoms with Crippen LogP contribution in [-0.4, -0.2) is 15.5 Å². The Hall–Kier alpha value is -2.74. The van der Waals surface area contributed by atoms with Gasteiger partial charge in [-0.3, -0.25) is 0 Å². The van der Waals surface area contributed by atoms with Crippen molar-refractivity contribution < 1.29 is 17.9 Å². The van der Waals surface area contributed by atoms with Gasteiger partial charge in [-0.2, -0.15) is 0 Å². The Morgan fingerprint density at radius 2 is 1.70 bits per heavy atom. The van der Waals surface area contributed by atoms with Crippen LogP contribution in [0, 0.1) is 6.92 Å². The van der Waals surface area contributed by atoms with Gasteiger partial charge in [-0.05, 0) is 53.9 Å². The van der Waals surface area contributed by atoms with Crippen molar-refractivity contribution in [2.24, 2.45) is 5.14 Å². The Morgan fingerprint density at radius 1 is 1.00 bits per heavy atom. The van der Waals surface area contributed by atoms with E-state index in [9.17, 15) is 8.42 Å². The van der Waals surface area contributed by atoms with E-state index in [1.54, 1.807) is 25.3 Å². The number of benzene rings is 3. The van der Waals surface area contributed by atoms with Crippen molar-refractivity contribution in [2.75, 3.05) is 12.4 Å². The van der Waals surface area contributed by atoms with Gasteiger partial charge < -0.3 is 14.8 Å². The zero-order valence-electron chi connectivity index (χ0n) is 16.7. The van der Waals surface area contributed by atoms with Crippen molar-refractivity contribution in [2.45, 2.75) is 25.0 Å². The van der Waals surface area contributed by atoms with Gasteiger partial charge >= 0.3 is 0 Å². The van der Waals surface area contributed by atoms with E-state index in [4.69, 9.17) is 26.2 Å². The minimum Gasteiger partial charge on any atom is -0.493 e. The maximum absolute atomic E-state index is 11.3. The molecule has 3 rings (SSSR count). The monoisotopic (exact) mass is 446 g/mol. The highest BCUT2D eigenvalue weighted by Gasteiger charge is 2.12. The summed E-state index contributed by atoms with van der Waals surface area (Å²) in [7, 11) is -2.14. The summed E-state index contributed by atoms with van der Waals surface area (Å²) in [6.45, 7) is 2.86. The van der Waals surface area contributed by atoms with Crippen molar-refractivity contribution in [1.29, 1.82) is 0 Å². The van der Waals surface area contributed by atoms with E-state index in [1.807, 2.05) is 37.3 Å². The third-order valence-electron chi connectivity index (χ3n) is 4.64. The average molecular weight is 447 g/mol. The molecule has 158 valence electrons. The van der Waals surface area contributed by atoms with E-state index in [1.165, 1.54) is 12.1 Å². The third kappa shape index (κ3) is 5.44. The van der Waals surface area contributed by atoms with Crippen LogP contribution in [-0.2, 0) is 23.2 Å². The lowest BCUT2D eigenvalue weighted by molar-refractivity contribution is 0.284. The molecule has 30 heavy (non-hydrogen) atoms. The van der Waals surface area contributed by atoms with Gasteiger partial charge in [0.25, 0.3) is 0 Å². The van der Waals surface area contributed by atoms with Crippen molar-refractivity contribution in [3.05, 3.63) is 82.4 Å². The molecule has 0 aliphatic rings. The van der Waals surface area contributed by atoms with E-state index < -0.39 is 10.0 Å². The van der Waals surface area contributed by atoms with Crippen molar-refractivity contribution in [3.63, 3.8) is 0 Å². The summed E-state index contributed by atoms with van der Waals surface area (Å²) in [6, 6.07) is 17.7. The van der Waals surface area contributed by atoms with Crippen LogP contribution in [0.4, 0.5) is 5.69 Å². The van der Waals surface area contributed by atoms with E-state index in [2.05, 4.69) is 5.32 Å². The number of nitrogens with two attached hydrogens (primary N) is 1. The molecule has 3 N–H and O–H groups in total. The van der Waals surface area contributed by atoms with Crippen LogP contribution in [0.3, 0.4) is 0 Å². The number of anilines is 1. The molecule has 0 amide bonds. The molecular formula is C22H23ClN2O4S. The van der Waals surface area contributed by atoms with Crippen molar-refractivity contribution >= 4 is 27.3 Å². The zero-order valence-corrected chi connectivity index (χ0v) is 18.3. The number of nitrogens with one attached hydrogen (secondary N) is 1. The fourth-order valence-corrected chi connectivity index (χ4v) is 3.61. The van der Waals surface area contributed by atoms with Gasteiger partial charge in [-0.1, -0.05) is 35.9 Å². The lowest BCUT2D eigenvalue weighted by atomic mass is 10.1. The van der Waals surface area contributed by atoms with Crippen LogP contribution in [0.5, 0.6) is 11.5 Å². The van der Waals surface area contributed by atoms with Crippen LogP contribution >= 0.6 is 11.6 Å². The second-order valence-electron chi connectivity index (χ2n) is 6.73. The van der Waals surface area contributed by atoms with Gasteiger partial charge in [-0.25, -0.2) is 13.6 Å². The smallest absolute Gasteiger partial charge is 0.238 e. The molecule has 0 atom stereocenters. The molecule has 0 saturated heterocycles. The van der Waals surface area contributed by atoms with Crippen molar-refractivity contribution in [1.82, 2.24) is 0 Å². The number of rotatable bonds is 8. The summed E-state index contributed by atoms with van der Waals surface area (Å²) in [6.07, 6.45) is 0. The van der Waals surface area contributed by atoms with Gasteiger partial charge in [0.05, 0.1) is 12.0 Å². The molecule has 0 aliphatic carbocycles. The van der Waals surface area contributed by atoms with Gasteiger partial charge in [0.2, 0.25) is 10.0 Å². The number of methoxy groups -OCH3 is 1. The number of ether oxygens (including phenoxy) is 2. The molecule has 0 aromatic heterocycles. The Kier molecular flexibility index (Phi) is 6.87. The molecule has 6 nitrogen and oxygen atoms in total. The second kappa shape index (κ2) is 9.38.